The van der Waals surface area contributed by atoms with Gasteiger partial charge in [-0.25, -0.2) is 0 Å². The summed E-state index contributed by atoms with van der Waals surface area (Å²) in [5.74, 6) is 6.98. The molecule has 2 heteroatoms. The Kier molecular flexibility index (Phi) is 3.61. The van der Waals surface area contributed by atoms with Crippen molar-refractivity contribution < 1.29 is 5.11 Å². The maximum atomic E-state index is 9.81. The van der Waals surface area contributed by atoms with Gasteiger partial charge < -0.3 is 10.8 Å². The zero-order valence-electron chi connectivity index (χ0n) is 9.32. The Morgan fingerprint density at radius 1 is 1.44 bits per heavy atom. The van der Waals surface area contributed by atoms with E-state index in [-0.39, 0.29) is 0 Å². The first-order valence-corrected chi connectivity index (χ1v) is 5.79. The number of aliphatic hydroxyl groups is 1. The molecule has 1 aliphatic carbocycles. The fourth-order valence-electron chi connectivity index (χ4n) is 1.56. The lowest BCUT2D eigenvalue weighted by atomic mass is 10.0. The lowest BCUT2D eigenvalue weighted by molar-refractivity contribution is 0.170. The number of rotatable bonds is 3. The van der Waals surface area contributed by atoms with Crippen molar-refractivity contribution in [2.24, 2.45) is 11.7 Å². The molecule has 0 heterocycles. The van der Waals surface area contributed by atoms with Crippen LogP contribution in [0.5, 0.6) is 0 Å². The summed E-state index contributed by atoms with van der Waals surface area (Å²) in [5.41, 5.74) is 7.32. The molecule has 1 atom stereocenters. The Hall–Kier alpha value is -1.30. The van der Waals surface area contributed by atoms with Crippen molar-refractivity contribution in [1.82, 2.24) is 0 Å². The lowest BCUT2D eigenvalue weighted by Gasteiger charge is -2.09. The van der Waals surface area contributed by atoms with Crippen LogP contribution in [-0.2, 0) is 0 Å². The average Bonchev–Trinajstić information content (AvgIpc) is 3.11. The van der Waals surface area contributed by atoms with Crippen molar-refractivity contribution in [2.75, 3.05) is 6.54 Å². The highest BCUT2D eigenvalue weighted by molar-refractivity contribution is 5.38. The third kappa shape index (κ3) is 3.10. The molecule has 0 bridgehead atoms. The van der Waals surface area contributed by atoms with E-state index in [1.807, 2.05) is 24.3 Å². The van der Waals surface area contributed by atoms with E-state index in [1.165, 1.54) is 12.8 Å². The third-order valence-electron chi connectivity index (χ3n) is 2.71. The minimum atomic E-state index is -0.465. The molecule has 3 N–H and O–H groups in total. The minimum Gasteiger partial charge on any atom is -0.388 e. The van der Waals surface area contributed by atoms with E-state index in [2.05, 4.69) is 11.8 Å². The molecule has 0 radical (unpaired) electrons. The van der Waals surface area contributed by atoms with Gasteiger partial charge in [-0.1, -0.05) is 24.0 Å². The van der Waals surface area contributed by atoms with Gasteiger partial charge in [-0.2, -0.15) is 0 Å². The Labute approximate surface area is 96.5 Å². The zero-order valence-corrected chi connectivity index (χ0v) is 9.32. The smallest absolute Gasteiger partial charge is 0.0802 e. The van der Waals surface area contributed by atoms with Crippen molar-refractivity contribution in [2.45, 2.75) is 25.4 Å². The monoisotopic (exact) mass is 215 g/mol. The average molecular weight is 215 g/mol. The molecule has 0 aliphatic heterocycles. The molecule has 0 aromatic heterocycles. The Morgan fingerprint density at radius 2 is 2.25 bits per heavy atom. The van der Waals surface area contributed by atoms with Gasteiger partial charge in [0.05, 0.1) is 6.10 Å². The van der Waals surface area contributed by atoms with E-state index in [4.69, 9.17) is 5.73 Å². The second-order valence-corrected chi connectivity index (χ2v) is 4.26. The predicted molar refractivity (Wildman–Crippen MR) is 64.7 cm³/mol. The molecule has 0 amide bonds. The fourth-order valence-corrected chi connectivity index (χ4v) is 1.56. The molecule has 1 saturated carbocycles. The van der Waals surface area contributed by atoms with Crippen molar-refractivity contribution >= 4 is 0 Å². The minimum absolute atomic E-state index is 0.465. The van der Waals surface area contributed by atoms with Gasteiger partial charge in [0.1, 0.15) is 0 Å². The molecule has 0 saturated heterocycles. The van der Waals surface area contributed by atoms with Gasteiger partial charge in [0.25, 0.3) is 0 Å². The molecule has 2 nitrogen and oxygen atoms in total. The van der Waals surface area contributed by atoms with Crippen LogP contribution in [0.25, 0.3) is 0 Å². The third-order valence-corrected chi connectivity index (χ3v) is 2.71. The maximum Gasteiger partial charge on any atom is 0.0802 e. The quantitative estimate of drug-likeness (QED) is 0.756. The Bertz CT molecular complexity index is 412. The second kappa shape index (κ2) is 5.16. The molecule has 0 spiro atoms. The van der Waals surface area contributed by atoms with Crippen molar-refractivity contribution in [1.29, 1.82) is 0 Å². The summed E-state index contributed by atoms with van der Waals surface area (Å²) in [6.45, 7) is 0.499. The van der Waals surface area contributed by atoms with Gasteiger partial charge in [0.15, 0.2) is 0 Å². The summed E-state index contributed by atoms with van der Waals surface area (Å²) in [6.07, 6.45) is 2.61. The molecule has 1 aromatic carbocycles. The van der Waals surface area contributed by atoms with E-state index in [0.717, 1.165) is 11.1 Å². The molecule has 1 unspecified atom stereocenters. The van der Waals surface area contributed by atoms with Crippen LogP contribution in [0.3, 0.4) is 0 Å². The van der Waals surface area contributed by atoms with Crippen LogP contribution in [0.1, 0.15) is 36.5 Å². The van der Waals surface area contributed by atoms with Crippen molar-refractivity contribution in [3.63, 3.8) is 0 Å². The standard InChI is InChI=1S/C14H17NO/c15-9-8-14(16)13-3-1-2-12(10-13)7-6-11-4-5-11/h1-3,10-11,14,16H,4-5,8-9,15H2. The van der Waals surface area contributed by atoms with Gasteiger partial charge >= 0.3 is 0 Å². The van der Waals surface area contributed by atoms with Gasteiger partial charge in [-0.05, 0) is 43.5 Å². The molecule has 84 valence electrons. The molecule has 1 fully saturated rings. The van der Waals surface area contributed by atoms with E-state index in [0.29, 0.717) is 18.9 Å². The summed E-state index contributed by atoms with van der Waals surface area (Å²) in [7, 11) is 0. The molecular formula is C14H17NO. The first-order chi connectivity index (χ1) is 7.79. The summed E-state index contributed by atoms with van der Waals surface area (Å²) in [4.78, 5) is 0. The first kappa shape index (κ1) is 11.2. The van der Waals surface area contributed by atoms with Crippen LogP contribution in [0.2, 0.25) is 0 Å². The summed E-state index contributed by atoms with van der Waals surface area (Å²) >= 11 is 0. The second-order valence-electron chi connectivity index (χ2n) is 4.26. The van der Waals surface area contributed by atoms with Gasteiger partial charge in [0.2, 0.25) is 0 Å². The van der Waals surface area contributed by atoms with Crippen LogP contribution < -0.4 is 5.73 Å². The lowest BCUT2D eigenvalue weighted by Crippen LogP contribution is -2.06. The zero-order chi connectivity index (χ0) is 11.4. The highest BCUT2D eigenvalue weighted by Gasteiger charge is 2.17. The molecule has 1 aromatic rings. The van der Waals surface area contributed by atoms with Crippen LogP contribution in [0.15, 0.2) is 24.3 Å². The van der Waals surface area contributed by atoms with Gasteiger partial charge in [-0.3, -0.25) is 0 Å². The topological polar surface area (TPSA) is 46.2 Å². The summed E-state index contributed by atoms with van der Waals surface area (Å²) in [5, 5.41) is 9.81. The van der Waals surface area contributed by atoms with E-state index in [1.54, 1.807) is 0 Å². The Balaban J connectivity index is 2.09. The molecule has 2 rings (SSSR count). The Morgan fingerprint density at radius 3 is 2.94 bits per heavy atom. The highest BCUT2D eigenvalue weighted by Crippen LogP contribution is 2.27. The van der Waals surface area contributed by atoms with Crippen LogP contribution in [0.4, 0.5) is 0 Å². The number of nitrogens with two attached hydrogens (primary N) is 1. The first-order valence-electron chi connectivity index (χ1n) is 5.79. The van der Waals surface area contributed by atoms with Crippen molar-refractivity contribution in [3.05, 3.63) is 35.4 Å². The highest BCUT2D eigenvalue weighted by atomic mass is 16.3. The number of benzene rings is 1. The molecule has 1 aliphatic rings. The summed E-state index contributed by atoms with van der Waals surface area (Å²) < 4.78 is 0. The van der Waals surface area contributed by atoms with Crippen molar-refractivity contribution in [3.8, 4) is 11.8 Å². The fraction of sp³-hybridized carbons (Fsp3) is 0.429. The largest absolute Gasteiger partial charge is 0.388 e. The number of aliphatic hydroxyl groups excluding tert-OH is 1. The van der Waals surface area contributed by atoms with Gasteiger partial charge in [0, 0.05) is 11.5 Å². The normalized spacial score (nSPS) is 16.4. The van der Waals surface area contributed by atoms with Crippen LogP contribution >= 0.6 is 0 Å². The summed E-state index contributed by atoms with van der Waals surface area (Å²) in [6, 6.07) is 7.79. The number of hydrogen-bond acceptors (Lipinski definition) is 2. The van der Waals surface area contributed by atoms with Crippen LogP contribution in [0, 0.1) is 17.8 Å². The number of hydrogen-bond donors (Lipinski definition) is 2. The van der Waals surface area contributed by atoms with E-state index < -0.39 is 6.10 Å². The predicted octanol–water partition coefficient (Wildman–Crippen LogP) is 1.83. The SMILES string of the molecule is NCCC(O)c1cccc(C#CC2CC2)c1. The van der Waals surface area contributed by atoms with E-state index >= 15 is 0 Å². The van der Waals surface area contributed by atoms with Gasteiger partial charge in [-0.15, -0.1) is 0 Å². The maximum absolute atomic E-state index is 9.81. The van der Waals surface area contributed by atoms with E-state index in [9.17, 15) is 5.11 Å². The molecule has 16 heavy (non-hydrogen) atoms. The van der Waals surface area contributed by atoms with Crippen LogP contribution in [-0.4, -0.2) is 11.7 Å². The molecular weight excluding hydrogens is 198 g/mol.